The van der Waals surface area contributed by atoms with Crippen molar-refractivity contribution in [2.45, 2.75) is 45.2 Å². The van der Waals surface area contributed by atoms with Gasteiger partial charge in [-0.3, -0.25) is 4.90 Å². The molecule has 1 aromatic rings. The second-order valence-electron chi connectivity index (χ2n) is 5.15. The molecule has 0 aliphatic rings. The molecule has 0 spiro atoms. The summed E-state index contributed by atoms with van der Waals surface area (Å²) in [5.41, 5.74) is 6.95. The van der Waals surface area contributed by atoms with Crippen LogP contribution in [0.15, 0.2) is 24.3 Å². The molecule has 2 unspecified atom stereocenters. The molecule has 102 valence electrons. The zero-order valence-corrected chi connectivity index (χ0v) is 12.5. The van der Waals surface area contributed by atoms with E-state index in [1.807, 2.05) is 18.2 Å². The van der Waals surface area contributed by atoms with E-state index >= 15 is 0 Å². The van der Waals surface area contributed by atoms with E-state index in [0.29, 0.717) is 12.1 Å². The lowest BCUT2D eigenvalue weighted by atomic mass is 10.1. The van der Waals surface area contributed by atoms with Crippen molar-refractivity contribution in [1.82, 2.24) is 4.90 Å². The predicted molar refractivity (Wildman–Crippen MR) is 80.0 cm³/mol. The van der Waals surface area contributed by atoms with Crippen LogP contribution in [-0.4, -0.2) is 24.5 Å². The summed E-state index contributed by atoms with van der Waals surface area (Å²) >= 11 is 6.22. The van der Waals surface area contributed by atoms with Crippen LogP contribution in [0.1, 0.15) is 44.7 Å². The number of nitrogens with two attached hydrogens (primary N) is 1. The number of hydrogen-bond acceptors (Lipinski definition) is 2. The molecule has 2 atom stereocenters. The summed E-state index contributed by atoms with van der Waals surface area (Å²) < 4.78 is 0. The lowest BCUT2D eigenvalue weighted by molar-refractivity contribution is 0.255. The maximum Gasteiger partial charge on any atom is 0.0453 e. The van der Waals surface area contributed by atoms with Crippen molar-refractivity contribution in [3.63, 3.8) is 0 Å². The smallest absolute Gasteiger partial charge is 0.0453 e. The Labute approximate surface area is 116 Å². The van der Waals surface area contributed by atoms with Gasteiger partial charge in [-0.25, -0.2) is 0 Å². The van der Waals surface area contributed by atoms with Crippen LogP contribution >= 0.6 is 11.6 Å². The molecule has 0 bridgehead atoms. The fourth-order valence-corrected chi connectivity index (χ4v) is 2.37. The quantitative estimate of drug-likeness (QED) is 0.761. The van der Waals surface area contributed by atoms with E-state index in [2.05, 4.69) is 31.9 Å². The molecule has 0 saturated carbocycles. The largest absolute Gasteiger partial charge is 0.328 e. The van der Waals surface area contributed by atoms with Crippen molar-refractivity contribution < 1.29 is 0 Å². The lowest BCUT2D eigenvalue weighted by Crippen LogP contribution is -2.24. The maximum atomic E-state index is 6.22. The van der Waals surface area contributed by atoms with E-state index in [1.165, 1.54) is 18.4 Å². The average Bonchev–Trinajstić information content (AvgIpc) is 2.34. The Morgan fingerprint density at radius 3 is 2.50 bits per heavy atom. The first-order valence-corrected chi connectivity index (χ1v) is 7.10. The summed E-state index contributed by atoms with van der Waals surface area (Å²) in [6.07, 6.45) is 3.48. The van der Waals surface area contributed by atoms with Crippen molar-refractivity contribution in [2.75, 3.05) is 13.6 Å². The molecule has 18 heavy (non-hydrogen) atoms. The summed E-state index contributed by atoms with van der Waals surface area (Å²) in [5, 5.41) is 0.854. The monoisotopic (exact) mass is 268 g/mol. The third-order valence-electron chi connectivity index (χ3n) is 3.44. The molecule has 0 heterocycles. The number of benzene rings is 1. The Morgan fingerprint density at radius 1 is 1.22 bits per heavy atom. The number of halogens is 1. The maximum absolute atomic E-state index is 6.22. The van der Waals surface area contributed by atoms with E-state index < -0.39 is 0 Å². The van der Waals surface area contributed by atoms with Crippen LogP contribution in [0.4, 0.5) is 0 Å². The fraction of sp³-hybridized carbons (Fsp3) is 0.600. The van der Waals surface area contributed by atoms with Gasteiger partial charge in [-0.2, -0.15) is 0 Å². The number of rotatable bonds is 7. The highest BCUT2D eigenvalue weighted by atomic mass is 35.5. The van der Waals surface area contributed by atoms with Crippen molar-refractivity contribution in [1.29, 1.82) is 0 Å². The number of hydrogen-bond donors (Lipinski definition) is 1. The highest BCUT2D eigenvalue weighted by Gasteiger charge is 2.13. The first kappa shape index (κ1) is 15.5. The summed E-state index contributed by atoms with van der Waals surface area (Å²) in [6, 6.07) is 8.75. The molecule has 1 aromatic carbocycles. The molecule has 3 heteroatoms. The second-order valence-corrected chi connectivity index (χ2v) is 5.56. The van der Waals surface area contributed by atoms with E-state index in [4.69, 9.17) is 17.3 Å². The Balaban J connectivity index is 2.42. The molecule has 0 saturated heterocycles. The van der Waals surface area contributed by atoms with Gasteiger partial charge in [0.1, 0.15) is 0 Å². The molecule has 1 rings (SSSR count). The van der Waals surface area contributed by atoms with Gasteiger partial charge in [-0.05, 0) is 51.9 Å². The Kier molecular flexibility index (Phi) is 6.69. The van der Waals surface area contributed by atoms with Crippen molar-refractivity contribution in [3.05, 3.63) is 34.9 Å². The van der Waals surface area contributed by atoms with Gasteiger partial charge in [0.2, 0.25) is 0 Å². The molecular formula is C15H25ClN2. The minimum atomic E-state index is 0.316. The van der Waals surface area contributed by atoms with Crippen LogP contribution in [0.5, 0.6) is 0 Å². The summed E-state index contributed by atoms with van der Waals surface area (Å²) in [6.45, 7) is 5.35. The van der Waals surface area contributed by atoms with Crippen LogP contribution in [0.3, 0.4) is 0 Å². The van der Waals surface area contributed by atoms with Gasteiger partial charge < -0.3 is 5.73 Å². The third kappa shape index (κ3) is 4.97. The first-order valence-electron chi connectivity index (χ1n) is 6.72. The zero-order chi connectivity index (χ0) is 13.5. The van der Waals surface area contributed by atoms with E-state index in [1.54, 1.807) is 0 Å². The van der Waals surface area contributed by atoms with E-state index in [-0.39, 0.29) is 0 Å². The Morgan fingerprint density at radius 2 is 1.89 bits per heavy atom. The van der Waals surface area contributed by atoms with Crippen LogP contribution in [0.2, 0.25) is 5.02 Å². The van der Waals surface area contributed by atoms with Crippen LogP contribution in [-0.2, 0) is 0 Å². The zero-order valence-electron chi connectivity index (χ0n) is 11.7. The van der Waals surface area contributed by atoms with Gasteiger partial charge in [0, 0.05) is 17.1 Å². The fourth-order valence-electron chi connectivity index (χ4n) is 2.07. The highest BCUT2D eigenvalue weighted by Crippen LogP contribution is 2.26. The van der Waals surface area contributed by atoms with Crippen LogP contribution < -0.4 is 5.73 Å². The minimum Gasteiger partial charge on any atom is -0.328 e. The van der Waals surface area contributed by atoms with Gasteiger partial charge in [0.15, 0.2) is 0 Å². The van der Waals surface area contributed by atoms with Gasteiger partial charge in [0.05, 0.1) is 0 Å². The standard InChI is InChI=1S/C15H25ClN2/c1-12(17)8-6-7-11-18(3)13(2)14-9-4-5-10-15(14)16/h4-5,9-10,12-13H,6-8,11,17H2,1-3H3. The number of unbranched alkanes of at least 4 members (excludes halogenated alkanes) is 1. The normalized spacial score (nSPS) is 14.8. The molecule has 0 aliphatic carbocycles. The summed E-state index contributed by atoms with van der Waals surface area (Å²) in [4.78, 5) is 2.35. The first-order chi connectivity index (χ1) is 8.52. The average molecular weight is 269 g/mol. The summed E-state index contributed by atoms with van der Waals surface area (Å²) in [7, 11) is 2.15. The number of nitrogens with zero attached hydrogens (tertiary/aromatic N) is 1. The van der Waals surface area contributed by atoms with Gasteiger partial charge >= 0.3 is 0 Å². The van der Waals surface area contributed by atoms with Crippen molar-refractivity contribution >= 4 is 11.6 Å². The molecule has 0 fully saturated rings. The van der Waals surface area contributed by atoms with Crippen LogP contribution in [0, 0.1) is 0 Å². The van der Waals surface area contributed by atoms with Gasteiger partial charge in [-0.15, -0.1) is 0 Å². The molecule has 0 radical (unpaired) electrons. The van der Waals surface area contributed by atoms with E-state index in [0.717, 1.165) is 18.0 Å². The van der Waals surface area contributed by atoms with E-state index in [9.17, 15) is 0 Å². The van der Waals surface area contributed by atoms with Crippen molar-refractivity contribution in [3.8, 4) is 0 Å². The Hall–Kier alpha value is -0.570. The molecule has 0 aliphatic heterocycles. The predicted octanol–water partition coefficient (Wildman–Crippen LogP) is 3.85. The summed E-state index contributed by atoms with van der Waals surface area (Å²) in [5.74, 6) is 0. The highest BCUT2D eigenvalue weighted by molar-refractivity contribution is 6.31. The lowest BCUT2D eigenvalue weighted by Gasteiger charge is -2.25. The third-order valence-corrected chi connectivity index (χ3v) is 3.78. The van der Waals surface area contributed by atoms with Crippen LogP contribution in [0.25, 0.3) is 0 Å². The molecular weight excluding hydrogens is 244 g/mol. The minimum absolute atomic E-state index is 0.316. The molecule has 0 amide bonds. The second kappa shape index (κ2) is 7.78. The Bertz CT molecular complexity index is 352. The topological polar surface area (TPSA) is 29.3 Å². The molecule has 0 aromatic heterocycles. The SMILES string of the molecule is CC(N)CCCCN(C)C(C)c1ccccc1Cl. The molecule has 2 nitrogen and oxygen atoms in total. The van der Waals surface area contributed by atoms with Crippen molar-refractivity contribution in [2.24, 2.45) is 5.73 Å². The molecule has 2 N–H and O–H groups in total. The van der Waals surface area contributed by atoms with Gasteiger partial charge in [0.25, 0.3) is 0 Å². The van der Waals surface area contributed by atoms with Gasteiger partial charge in [-0.1, -0.05) is 36.2 Å².